The van der Waals surface area contributed by atoms with Crippen LogP contribution in [0.25, 0.3) is 0 Å². The van der Waals surface area contributed by atoms with E-state index in [0.29, 0.717) is 24.7 Å². The van der Waals surface area contributed by atoms with Crippen molar-refractivity contribution in [1.29, 1.82) is 0 Å². The number of nitrogens with zero attached hydrogens (tertiary/aromatic N) is 3. The van der Waals surface area contributed by atoms with Crippen LogP contribution in [0.5, 0.6) is 0 Å². The van der Waals surface area contributed by atoms with Crippen molar-refractivity contribution in [1.82, 2.24) is 14.3 Å². The second-order valence-corrected chi connectivity index (χ2v) is 6.30. The zero-order valence-electron chi connectivity index (χ0n) is 11.8. The van der Waals surface area contributed by atoms with Gasteiger partial charge < -0.3 is 4.90 Å². The number of amides is 1. The smallest absolute Gasteiger partial charge is 0.273 e. The van der Waals surface area contributed by atoms with Crippen LogP contribution in [0.2, 0.25) is 0 Å². The van der Waals surface area contributed by atoms with Gasteiger partial charge in [-0.25, -0.2) is 4.39 Å². The van der Waals surface area contributed by atoms with Crippen LogP contribution in [0, 0.1) is 12.7 Å². The van der Waals surface area contributed by atoms with E-state index in [4.69, 9.17) is 0 Å². The summed E-state index contributed by atoms with van der Waals surface area (Å²) in [7, 11) is 0. The molecule has 0 atom stereocenters. The molecule has 3 rings (SSSR count). The Morgan fingerprint density at radius 1 is 1.38 bits per heavy atom. The topological polar surface area (TPSA) is 46.1 Å². The van der Waals surface area contributed by atoms with Gasteiger partial charge in [-0.2, -0.15) is 4.37 Å². The highest BCUT2D eigenvalue weighted by atomic mass is 32.1. The molecule has 0 spiro atoms. The Labute approximate surface area is 126 Å². The number of piperidine rings is 1. The van der Waals surface area contributed by atoms with E-state index in [1.807, 2.05) is 17.9 Å². The Kier molecular flexibility index (Phi) is 3.96. The van der Waals surface area contributed by atoms with Crippen LogP contribution in [0.3, 0.4) is 0 Å². The van der Waals surface area contributed by atoms with Gasteiger partial charge in [0.15, 0.2) is 0 Å². The van der Waals surface area contributed by atoms with E-state index >= 15 is 0 Å². The lowest BCUT2D eigenvalue weighted by molar-refractivity contribution is 0.0707. The van der Waals surface area contributed by atoms with E-state index in [2.05, 4.69) is 9.36 Å². The van der Waals surface area contributed by atoms with E-state index in [9.17, 15) is 9.18 Å². The number of likely N-dealkylation sites (tertiary alicyclic amines) is 1. The molecule has 0 radical (unpaired) electrons. The maximum absolute atomic E-state index is 12.9. The van der Waals surface area contributed by atoms with Crippen LogP contribution in [-0.4, -0.2) is 33.3 Å². The van der Waals surface area contributed by atoms with Crippen LogP contribution in [0.15, 0.2) is 24.4 Å². The molecule has 0 N–H and O–H groups in total. The van der Waals surface area contributed by atoms with Crippen molar-refractivity contribution in [3.63, 3.8) is 0 Å². The lowest BCUT2D eigenvalue weighted by Gasteiger charge is -2.31. The first-order valence-electron chi connectivity index (χ1n) is 6.97. The molecule has 1 fully saturated rings. The van der Waals surface area contributed by atoms with Gasteiger partial charge in [0.25, 0.3) is 5.91 Å². The van der Waals surface area contributed by atoms with E-state index in [0.717, 1.165) is 23.4 Å². The van der Waals surface area contributed by atoms with Crippen LogP contribution < -0.4 is 0 Å². The number of pyridine rings is 1. The van der Waals surface area contributed by atoms with Gasteiger partial charge in [-0.3, -0.25) is 9.78 Å². The number of carbonyl (C=O) groups is 1. The van der Waals surface area contributed by atoms with Gasteiger partial charge in [0.2, 0.25) is 0 Å². The summed E-state index contributed by atoms with van der Waals surface area (Å²) >= 11 is 1.35. The van der Waals surface area contributed by atoms with Crippen molar-refractivity contribution in [2.24, 2.45) is 0 Å². The molecule has 1 aliphatic heterocycles. The molecule has 2 aromatic rings. The fourth-order valence-electron chi connectivity index (χ4n) is 2.64. The molecule has 1 amide bonds. The molecule has 1 saturated heterocycles. The molecule has 0 bridgehead atoms. The number of hydrogen-bond acceptors (Lipinski definition) is 4. The van der Waals surface area contributed by atoms with E-state index < -0.39 is 0 Å². The maximum Gasteiger partial charge on any atom is 0.273 e. The van der Waals surface area contributed by atoms with Gasteiger partial charge in [-0.15, -0.1) is 0 Å². The Hall–Kier alpha value is -1.82. The summed E-state index contributed by atoms with van der Waals surface area (Å²) in [5.74, 6) is -0.0121. The molecule has 4 nitrogen and oxygen atoms in total. The lowest BCUT2D eigenvalue weighted by atomic mass is 9.93. The molecular weight excluding hydrogens is 289 g/mol. The first-order chi connectivity index (χ1) is 10.1. The summed E-state index contributed by atoms with van der Waals surface area (Å²) in [6.07, 6.45) is 2.96. The highest BCUT2D eigenvalue weighted by Crippen LogP contribution is 2.27. The summed E-state index contributed by atoms with van der Waals surface area (Å²) in [6, 6.07) is 5.01. The highest BCUT2D eigenvalue weighted by Gasteiger charge is 2.26. The van der Waals surface area contributed by atoms with Crippen LogP contribution in [0.1, 0.15) is 39.8 Å². The molecule has 3 heterocycles. The van der Waals surface area contributed by atoms with Crippen molar-refractivity contribution in [2.45, 2.75) is 25.7 Å². The summed E-state index contributed by atoms with van der Waals surface area (Å²) in [4.78, 5) is 19.3. The summed E-state index contributed by atoms with van der Waals surface area (Å²) < 4.78 is 17.1. The van der Waals surface area contributed by atoms with Crippen LogP contribution in [-0.2, 0) is 0 Å². The van der Waals surface area contributed by atoms with Crippen LogP contribution in [0.4, 0.5) is 4.39 Å². The Balaban J connectivity index is 1.62. The minimum absolute atomic E-state index is 0.00450. The number of aromatic nitrogens is 2. The summed E-state index contributed by atoms with van der Waals surface area (Å²) in [5, 5.41) is 0. The highest BCUT2D eigenvalue weighted by molar-refractivity contribution is 7.05. The monoisotopic (exact) mass is 305 g/mol. The summed E-state index contributed by atoms with van der Waals surface area (Å²) in [6.45, 7) is 3.33. The molecule has 0 aromatic carbocycles. The SMILES string of the molecule is Cc1cc(C(=O)N2CCC(c3ccc(F)cn3)CC2)ns1. The summed E-state index contributed by atoms with van der Waals surface area (Å²) in [5.41, 5.74) is 1.45. The molecule has 110 valence electrons. The van der Waals surface area contributed by atoms with Gasteiger partial charge in [0.1, 0.15) is 11.5 Å². The second-order valence-electron chi connectivity index (χ2n) is 5.29. The van der Waals surface area contributed by atoms with E-state index in [1.165, 1.54) is 23.8 Å². The standard InChI is InChI=1S/C15H16FN3OS/c1-10-8-14(18-21-10)15(20)19-6-4-11(5-7-19)13-3-2-12(16)9-17-13/h2-3,8-9,11H,4-7H2,1H3. The quantitative estimate of drug-likeness (QED) is 0.857. The molecular formula is C15H16FN3OS. The number of aryl methyl sites for hydroxylation is 1. The van der Waals surface area contributed by atoms with Gasteiger partial charge in [0, 0.05) is 29.6 Å². The molecule has 21 heavy (non-hydrogen) atoms. The maximum atomic E-state index is 12.9. The Bertz CT molecular complexity index is 633. The first kappa shape index (κ1) is 14.1. The fraction of sp³-hybridized carbons (Fsp3) is 0.400. The first-order valence-corrected chi connectivity index (χ1v) is 7.75. The zero-order chi connectivity index (χ0) is 14.8. The third kappa shape index (κ3) is 3.10. The number of halogens is 1. The normalized spacial score (nSPS) is 16.2. The second kappa shape index (κ2) is 5.89. The molecule has 0 unspecified atom stereocenters. The molecule has 0 aliphatic carbocycles. The molecule has 2 aromatic heterocycles. The van der Waals surface area contributed by atoms with E-state index in [1.54, 1.807) is 6.07 Å². The van der Waals surface area contributed by atoms with Gasteiger partial charge in [0.05, 0.1) is 6.20 Å². The lowest BCUT2D eigenvalue weighted by Crippen LogP contribution is -2.38. The van der Waals surface area contributed by atoms with Gasteiger partial charge >= 0.3 is 0 Å². The average molecular weight is 305 g/mol. The molecule has 6 heteroatoms. The fourth-order valence-corrected chi connectivity index (χ4v) is 3.17. The minimum atomic E-state index is -0.315. The predicted octanol–water partition coefficient (Wildman–Crippen LogP) is 3.01. The zero-order valence-corrected chi connectivity index (χ0v) is 12.6. The molecule has 1 aliphatic rings. The number of carbonyl (C=O) groups excluding carboxylic acids is 1. The van der Waals surface area contributed by atoms with Crippen molar-refractivity contribution < 1.29 is 9.18 Å². The van der Waals surface area contributed by atoms with Gasteiger partial charge in [-0.1, -0.05) is 0 Å². The Morgan fingerprint density at radius 2 is 2.14 bits per heavy atom. The average Bonchev–Trinajstić information content (AvgIpc) is 2.94. The van der Waals surface area contributed by atoms with Crippen molar-refractivity contribution in [3.05, 3.63) is 46.5 Å². The van der Waals surface area contributed by atoms with Gasteiger partial charge in [-0.05, 0) is 49.5 Å². The molecule has 0 saturated carbocycles. The van der Waals surface area contributed by atoms with Crippen LogP contribution >= 0.6 is 11.5 Å². The Morgan fingerprint density at radius 3 is 2.71 bits per heavy atom. The van der Waals surface area contributed by atoms with Crippen molar-refractivity contribution >= 4 is 17.4 Å². The third-order valence-corrected chi connectivity index (χ3v) is 4.49. The third-order valence-electron chi connectivity index (χ3n) is 3.80. The predicted molar refractivity (Wildman–Crippen MR) is 78.9 cm³/mol. The number of hydrogen-bond donors (Lipinski definition) is 0. The van der Waals surface area contributed by atoms with E-state index in [-0.39, 0.29) is 11.7 Å². The number of rotatable bonds is 2. The van der Waals surface area contributed by atoms with Crippen molar-refractivity contribution in [3.8, 4) is 0 Å². The van der Waals surface area contributed by atoms with Crippen molar-refractivity contribution in [2.75, 3.05) is 13.1 Å². The minimum Gasteiger partial charge on any atom is -0.337 e. The largest absolute Gasteiger partial charge is 0.337 e.